The minimum Gasteiger partial charge on any atom is -0.396 e. The van der Waals surface area contributed by atoms with E-state index in [0.717, 1.165) is 4.31 Å². The molecule has 0 bridgehead atoms. The fourth-order valence-electron chi connectivity index (χ4n) is 1.44. The Hall–Kier alpha value is -1.36. The Kier molecular flexibility index (Phi) is 4.97. The van der Waals surface area contributed by atoms with Crippen molar-refractivity contribution in [1.82, 2.24) is 4.31 Å². The van der Waals surface area contributed by atoms with Crippen LogP contribution in [0.2, 0.25) is 0 Å². The van der Waals surface area contributed by atoms with Crippen LogP contribution in [0.3, 0.4) is 0 Å². The van der Waals surface area contributed by atoms with Crippen LogP contribution in [0.15, 0.2) is 23.1 Å². The Bertz CT molecular complexity index is 683. The van der Waals surface area contributed by atoms with E-state index in [4.69, 9.17) is 10.9 Å². The molecule has 0 atom stereocenters. The Balaban J connectivity index is 2.86. The molecule has 0 spiro atoms. The van der Waals surface area contributed by atoms with Crippen molar-refractivity contribution >= 4 is 31.4 Å². The van der Waals surface area contributed by atoms with Gasteiger partial charge in [-0.25, -0.2) is 26.3 Å². The Morgan fingerprint density at radius 3 is 2.30 bits per heavy atom. The van der Waals surface area contributed by atoms with E-state index >= 15 is 0 Å². The van der Waals surface area contributed by atoms with Gasteiger partial charge in [0.1, 0.15) is 4.90 Å². The normalized spacial score (nSPS) is 12.6. The summed E-state index contributed by atoms with van der Waals surface area (Å²) in [7, 11) is -4.38. The summed E-state index contributed by atoms with van der Waals surface area (Å²) in [5.74, 6) is -0.140. The number of para-hydroxylation sites is 1. The Morgan fingerprint density at radius 1 is 1.20 bits per heavy atom. The molecule has 1 rings (SSSR count). The van der Waals surface area contributed by atoms with E-state index in [-0.39, 0.29) is 22.9 Å². The number of nitrogens with two attached hydrogens (primary N) is 2. The van der Waals surface area contributed by atoms with Crippen LogP contribution in [0.1, 0.15) is 0 Å². The third-order valence-electron chi connectivity index (χ3n) is 2.60. The van der Waals surface area contributed by atoms with Crippen molar-refractivity contribution in [1.29, 1.82) is 0 Å². The molecule has 8 nitrogen and oxygen atoms in total. The molecule has 114 valence electrons. The summed E-state index contributed by atoms with van der Waals surface area (Å²) >= 11 is 0. The van der Waals surface area contributed by atoms with Crippen LogP contribution in [-0.2, 0) is 20.0 Å². The lowest BCUT2D eigenvalue weighted by Crippen LogP contribution is -2.28. The topological polar surface area (TPSA) is 136 Å². The number of primary sulfonamides is 1. The molecule has 0 aliphatic heterocycles. The lowest BCUT2D eigenvalue weighted by molar-refractivity contribution is 0.521. The zero-order valence-corrected chi connectivity index (χ0v) is 12.8. The summed E-state index contributed by atoms with van der Waals surface area (Å²) in [5.41, 5.74) is 5.99. The average molecular weight is 322 g/mol. The van der Waals surface area contributed by atoms with Crippen LogP contribution in [0, 0.1) is 0 Å². The average Bonchev–Trinajstić information content (AvgIpc) is 2.29. The molecule has 0 fully saturated rings. The molecule has 0 saturated carbocycles. The molecule has 0 radical (unpaired) electrons. The van der Waals surface area contributed by atoms with Crippen molar-refractivity contribution in [2.75, 3.05) is 37.4 Å². The predicted molar refractivity (Wildman–Crippen MR) is 78.2 cm³/mol. The number of nitrogen functional groups attached to an aromatic ring is 1. The summed E-state index contributed by atoms with van der Waals surface area (Å²) in [6, 6.07) is 4.30. The van der Waals surface area contributed by atoms with Crippen molar-refractivity contribution < 1.29 is 16.8 Å². The minimum atomic E-state index is -3.91. The SMILES string of the molecule is CN(C)S(=O)(=O)CCNc1cccc(S(N)(=O)=O)c1N. The smallest absolute Gasteiger partial charge is 0.240 e. The summed E-state index contributed by atoms with van der Waals surface area (Å²) in [6.45, 7) is 0.0960. The van der Waals surface area contributed by atoms with Crippen LogP contribution < -0.4 is 16.2 Å². The highest BCUT2D eigenvalue weighted by Crippen LogP contribution is 2.25. The van der Waals surface area contributed by atoms with Crippen LogP contribution >= 0.6 is 0 Å². The van der Waals surface area contributed by atoms with E-state index < -0.39 is 20.0 Å². The summed E-state index contributed by atoms with van der Waals surface area (Å²) in [5, 5.41) is 7.81. The number of hydrogen-bond acceptors (Lipinski definition) is 6. The lowest BCUT2D eigenvalue weighted by atomic mass is 10.2. The fourth-order valence-corrected chi connectivity index (χ4v) is 2.85. The third-order valence-corrected chi connectivity index (χ3v) is 5.41. The van der Waals surface area contributed by atoms with E-state index in [1.165, 1.54) is 26.2 Å². The Morgan fingerprint density at radius 2 is 1.80 bits per heavy atom. The van der Waals surface area contributed by atoms with Crippen molar-refractivity contribution in [3.63, 3.8) is 0 Å². The third kappa shape index (κ3) is 4.07. The van der Waals surface area contributed by atoms with Crippen LogP contribution in [0.5, 0.6) is 0 Å². The van der Waals surface area contributed by atoms with E-state index in [2.05, 4.69) is 5.32 Å². The zero-order valence-electron chi connectivity index (χ0n) is 11.2. The maximum absolute atomic E-state index is 11.6. The van der Waals surface area contributed by atoms with Crippen LogP contribution in [0.4, 0.5) is 11.4 Å². The van der Waals surface area contributed by atoms with Crippen molar-refractivity contribution in [2.45, 2.75) is 4.90 Å². The van der Waals surface area contributed by atoms with Gasteiger partial charge in [-0.1, -0.05) is 6.07 Å². The first-order valence-electron chi connectivity index (χ1n) is 5.61. The van der Waals surface area contributed by atoms with Crippen molar-refractivity contribution in [3.05, 3.63) is 18.2 Å². The number of nitrogens with zero attached hydrogens (tertiary/aromatic N) is 1. The van der Waals surface area contributed by atoms with Crippen LogP contribution in [-0.4, -0.2) is 47.5 Å². The second-order valence-corrected chi connectivity index (χ2v) is 8.12. The molecule has 0 heterocycles. The van der Waals surface area contributed by atoms with Gasteiger partial charge in [-0.15, -0.1) is 0 Å². The highest BCUT2D eigenvalue weighted by atomic mass is 32.2. The second-order valence-electron chi connectivity index (χ2n) is 4.29. The van der Waals surface area contributed by atoms with Gasteiger partial charge < -0.3 is 11.1 Å². The molecular formula is C10H18N4O4S2. The van der Waals surface area contributed by atoms with Gasteiger partial charge in [0.15, 0.2) is 0 Å². The predicted octanol–water partition coefficient (Wildman–Crippen LogP) is -0.780. The maximum Gasteiger partial charge on any atom is 0.240 e. The van der Waals surface area contributed by atoms with Crippen molar-refractivity contribution in [2.24, 2.45) is 5.14 Å². The number of nitrogens with one attached hydrogen (secondary N) is 1. The molecule has 1 aromatic rings. The molecule has 0 amide bonds. The quantitative estimate of drug-likeness (QED) is 0.588. The first-order chi connectivity index (χ1) is 9.05. The van der Waals surface area contributed by atoms with Gasteiger partial charge in [0.25, 0.3) is 0 Å². The van der Waals surface area contributed by atoms with E-state index in [1.54, 1.807) is 6.07 Å². The Labute approximate surface area is 118 Å². The number of anilines is 2. The summed E-state index contributed by atoms with van der Waals surface area (Å²) < 4.78 is 46.8. The highest BCUT2D eigenvalue weighted by Gasteiger charge is 2.16. The number of sulfonamides is 2. The van der Waals surface area contributed by atoms with E-state index in [9.17, 15) is 16.8 Å². The van der Waals surface area contributed by atoms with Gasteiger partial charge >= 0.3 is 0 Å². The van der Waals surface area contributed by atoms with Crippen LogP contribution in [0.25, 0.3) is 0 Å². The van der Waals surface area contributed by atoms with Gasteiger partial charge in [0.2, 0.25) is 20.0 Å². The molecular weight excluding hydrogens is 304 g/mol. The largest absolute Gasteiger partial charge is 0.396 e. The first-order valence-corrected chi connectivity index (χ1v) is 8.76. The lowest BCUT2D eigenvalue weighted by Gasteiger charge is -2.14. The number of rotatable bonds is 6. The van der Waals surface area contributed by atoms with Gasteiger partial charge in [-0.05, 0) is 12.1 Å². The monoisotopic (exact) mass is 322 g/mol. The number of benzene rings is 1. The van der Waals surface area contributed by atoms with E-state index in [0.29, 0.717) is 5.69 Å². The summed E-state index contributed by atoms with van der Waals surface area (Å²) in [4.78, 5) is -0.196. The molecule has 5 N–H and O–H groups in total. The van der Waals surface area contributed by atoms with Gasteiger partial charge in [-0.2, -0.15) is 0 Å². The molecule has 0 unspecified atom stereocenters. The minimum absolute atomic E-state index is 0.0303. The summed E-state index contributed by atoms with van der Waals surface area (Å²) in [6.07, 6.45) is 0. The number of hydrogen-bond donors (Lipinski definition) is 3. The molecule has 0 aliphatic rings. The molecule has 20 heavy (non-hydrogen) atoms. The molecule has 0 aromatic heterocycles. The fraction of sp³-hybridized carbons (Fsp3) is 0.400. The maximum atomic E-state index is 11.6. The molecule has 0 aliphatic carbocycles. The first kappa shape index (κ1) is 16.7. The van der Waals surface area contributed by atoms with Gasteiger partial charge in [0, 0.05) is 20.6 Å². The molecule has 10 heteroatoms. The van der Waals surface area contributed by atoms with Gasteiger partial charge in [-0.3, -0.25) is 0 Å². The second kappa shape index (κ2) is 5.95. The highest BCUT2D eigenvalue weighted by molar-refractivity contribution is 7.89. The molecule has 1 aromatic carbocycles. The zero-order chi connectivity index (χ0) is 15.6. The standard InChI is InChI=1S/C10H18N4O4S2/c1-14(2)19(15,16)7-6-13-8-4-3-5-9(10(8)11)20(12,17)18/h3-5,13H,6-7,11H2,1-2H3,(H2,12,17,18). The van der Waals surface area contributed by atoms with Gasteiger partial charge in [0.05, 0.1) is 17.1 Å². The van der Waals surface area contributed by atoms with Crippen molar-refractivity contribution in [3.8, 4) is 0 Å². The molecule has 0 saturated heterocycles. The van der Waals surface area contributed by atoms with E-state index in [1.807, 2.05) is 0 Å².